The van der Waals surface area contributed by atoms with Crippen LogP contribution in [0.4, 0.5) is 11.5 Å². The van der Waals surface area contributed by atoms with E-state index in [1.165, 1.54) is 4.57 Å². The van der Waals surface area contributed by atoms with E-state index in [0.29, 0.717) is 6.54 Å². The monoisotopic (exact) mass is 222 g/mol. The number of nitrogens with zero attached hydrogens (tertiary/aromatic N) is 1. The van der Waals surface area contributed by atoms with Gasteiger partial charge in [-0.2, -0.15) is 0 Å². The molecule has 0 spiro atoms. The van der Waals surface area contributed by atoms with E-state index in [1.807, 2.05) is 0 Å². The van der Waals surface area contributed by atoms with Crippen molar-refractivity contribution in [2.24, 2.45) is 0 Å². The summed E-state index contributed by atoms with van der Waals surface area (Å²) < 4.78 is 1.26. The molecule has 0 aliphatic rings. The predicted octanol–water partition coefficient (Wildman–Crippen LogP) is -0.428. The lowest BCUT2D eigenvalue weighted by molar-refractivity contribution is 0.705. The third kappa shape index (κ3) is 2.08. The number of hydrogen-bond acceptors (Lipinski definition) is 4. The standard InChI is InChI=1S/C10H14N4O2/c1-4-6(3)12-7-8(11)14(5-2)10(16)13-9(7)15/h1,6,12H,5,11H2,2-3H3,(H,13,15,16). The Hall–Kier alpha value is -2.16. The SMILES string of the molecule is C#CC(C)Nc1c(N)n(CC)c(=O)[nH]c1=O. The van der Waals surface area contributed by atoms with Gasteiger partial charge in [0.05, 0.1) is 6.04 Å². The van der Waals surface area contributed by atoms with E-state index in [9.17, 15) is 9.59 Å². The molecule has 6 nitrogen and oxygen atoms in total. The maximum Gasteiger partial charge on any atom is 0.330 e. The van der Waals surface area contributed by atoms with Gasteiger partial charge in [0.15, 0.2) is 0 Å². The van der Waals surface area contributed by atoms with E-state index in [-0.39, 0.29) is 17.5 Å². The summed E-state index contributed by atoms with van der Waals surface area (Å²) in [5.74, 6) is 2.51. The quantitative estimate of drug-likeness (QED) is 0.605. The number of hydrogen-bond donors (Lipinski definition) is 3. The first kappa shape index (κ1) is 11.9. The number of H-pyrrole nitrogens is 1. The van der Waals surface area contributed by atoms with Crippen molar-refractivity contribution in [3.05, 3.63) is 20.8 Å². The molecule has 0 aromatic carbocycles. The third-order valence-electron chi connectivity index (χ3n) is 2.17. The fraction of sp³-hybridized carbons (Fsp3) is 0.400. The van der Waals surface area contributed by atoms with E-state index >= 15 is 0 Å². The second-order valence-corrected chi connectivity index (χ2v) is 3.30. The number of aromatic amines is 1. The van der Waals surface area contributed by atoms with Crippen LogP contribution in [0.5, 0.6) is 0 Å². The summed E-state index contributed by atoms with van der Waals surface area (Å²) in [4.78, 5) is 25.0. The molecular weight excluding hydrogens is 208 g/mol. The van der Waals surface area contributed by atoms with Crippen molar-refractivity contribution in [3.63, 3.8) is 0 Å². The zero-order valence-electron chi connectivity index (χ0n) is 9.20. The Balaban J connectivity index is 3.36. The van der Waals surface area contributed by atoms with Crippen LogP contribution in [0, 0.1) is 12.3 Å². The van der Waals surface area contributed by atoms with Crippen LogP contribution in [0.15, 0.2) is 9.59 Å². The summed E-state index contributed by atoms with van der Waals surface area (Å²) in [5.41, 5.74) is 4.76. The maximum absolute atomic E-state index is 11.5. The molecule has 0 aliphatic carbocycles. The summed E-state index contributed by atoms with van der Waals surface area (Å²) in [5, 5.41) is 2.77. The molecule has 0 fully saturated rings. The first-order chi connectivity index (χ1) is 7.51. The van der Waals surface area contributed by atoms with E-state index in [1.54, 1.807) is 13.8 Å². The highest BCUT2D eigenvalue weighted by atomic mass is 16.2. The molecule has 1 unspecified atom stereocenters. The molecule has 86 valence electrons. The van der Waals surface area contributed by atoms with Gasteiger partial charge in [-0.25, -0.2) is 4.79 Å². The second-order valence-electron chi connectivity index (χ2n) is 3.30. The van der Waals surface area contributed by atoms with Crippen LogP contribution >= 0.6 is 0 Å². The van der Waals surface area contributed by atoms with Gasteiger partial charge < -0.3 is 11.1 Å². The van der Waals surface area contributed by atoms with Gasteiger partial charge in [-0.1, -0.05) is 5.92 Å². The topological polar surface area (TPSA) is 92.9 Å². The van der Waals surface area contributed by atoms with Crippen LogP contribution in [0.3, 0.4) is 0 Å². The lowest BCUT2D eigenvalue weighted by Gasteiger charge is -2.13. The summed E-state index contributed by atoms with van der Waals surface area (Å²) in [7, 11) is 0. The zero-order chi connectivity index (χ0) is 12.3. The zero-order valence-corrected chi connectivity index (χ0v) is 9.20. The highest BCUT2D eigenvalue weighted by molar-refractivity contribution is 5.61. The lowest BCUT2D eigenvalue weighted by Crippen LogP contribution is -2.34. The van der Waals surface area contributed by atoms with Crippen molar-refractivity contribution in [2.45, 2.75) is 26.4 Å². The van der Waals surface area contributed by atoms with Crippen LogP contribution in [0.25, 0.3) is 0 Å². The molecule has 0 saturated heterocycles. The van der Waals surface area contributed by atoms with Gasteiger partial charge in [-0.3, -0.25) is 14.3 Å². The van der Waals surface area contributed by atoms with Gasteiger partial charge in [0.2, 0.25) is 0 Å². The van der Waals surface area contributed by atoms with Crippen molar-refractivity contribution in [2.75, 3.05) is 11.1 Å². The van der Waals surface area contributed by atoms with Gasteiger partial charge >= 0.3 is 5.69 Å². The lowest BCUT2D eigenvalue weighted by atomic mass is 10.3. The Morgan fingerprint density at radius 3 is 2.75 bits per heavy atom. The van der Waals surface area contributed by atoms with Crippen molar-refractivity contribution >= 4 is 11.5 Å². The Labute approximate surface area is 92.5 Å². The van der Waals surface area contributed by atoms with E-state index < -0.39 is 11.2 Å². The van der Waals surface area contributed by atoms with Crippen LogP contribution in [0.1, 0.15) is 13.8 Å². The molecule has 0 bridgehead atoms. The molecule has 1 heterocycles. The largest absolute Gasteiger partial charge is 0.383 e. The molecule has 0 radical (unpaired) electrons. The summed E-state index contributed by atoms with van der Waals surface area (Å²) >= 11 is 0. The van der Waals surface area contributed by atoms with Crippen LogP contribution < -0.4 is 22.3 Å². The van der Waals surface area contributed by atoms with Gasteiger partial charge in [-0.05, 0) is 13.8 Å². The number of anilines is 2. The maximum atomic E-state index is 11.5. The average molecular weight is 222 g/mol. The van der Waals surface area contributed by atoms with E-state index in [2.05, 4.69) is 16.2 Å². The number of nitrogens with two attached hydrogens (primary N) is 1. The minimum absolute atomic E-state index is 0.0957. The minimum Gasteiger partial charge on any atom is -0.383 e. The van der Waals surface area contributed by atoms with Gasteiger partial charge in [0, 0.05) is 6.54 Å². The molecule has 1 rings (SSSR count). The first-order valence-electron chi connectivity index (χ1n) is 4.86. The average Bonchev–Trinajstić information content (AvgIpc) is 2.24. The predicted molar refractivity (Wildman–Crippen MR) is 63.3 cm³/mol. The Morgan fingerprint density at radius 1 is 1.62 bits per heavy atom. The molecule has 1 aromatic heterocycles. The van der Waals surface area contributed by atoms with Crippen molar-refractivity contribution in [1.82, 2.24) is 9.55 Å². The molecule has 0 aliphatic heterocycles. The van der Waals surface area contributed by atoms with Gasteiger partial charge in [0.25, 0.3) is 5.56 Å². The fourth-order valence-electron chi connectivity index (χ4n) is 1.30. The Kier molecular flexibility index (Phi) is 3.40. The van der Waals surface area contributed by atoms with Gasteiger partial charge in [0.1, 0.15) is 11.5 Å². The van der Waals surface area contributed by atoms with Gasteiger partial charge in [-0.15, -0.1) is 6.42 Å². The molecule has 6 heteroatoms. The first-order valence-corrected chi connectivity index (χ1v) is 4.86. The number of rotatable bonds is 3. The highest BCUT2D eigenvalue weighted by Crippen LogP contribution is 2.10. The number of terminal acetylenes is 1. The highest BCUT2D eigenvalue weighted by Gasteiger charge is 2.12. The van der Waals surface area contributed by atoms with Crippen molar-refractivity contribution in [1.29, 1.82) is 0 Å². The minimum atomic E-state index is -0.561. The molecule has 1 atom stereocenters. The summed E-state index contributed by atoms with van der Waals surface area (Å²) in [6.45, 7) is 3.84. The normalized spacial score (nSPS) is 11.8. The summed E-state index contributed by atoms with van der Waals surface area (Å²) in [6.07, 6.45) is 5.19. The number of nitrogens with one attached hydrogen (secondary N) is 2. The van der Waals surface area contributed by atoms with E-state index in [4.69, 9.17) is 12.2 Å². The third-order valence-corrected chi connectivity index (χ3v) is 2.17. The fourth-order valence-corrected chi connectivity index (χ4v) is 1.30. The Bertz CT molecular complexity index is 535. The molecule has 0 saturated carbocycles. The number of aromatic nitrogens is 2. The molecule has 0 amide bonds. The van der Waals surface area contributed by atoms with Crippen molar-refractivity contribution in [3.8, 4) is 12.3 Å². The smallest absolute Gasteiger partial charge is 0.330 e. The Morgan fingerprint density at radius 2 is 2.25 bits per heavy atom. The molecule has 1 aromatic rings. The second kappa shape index (κ2) is 4.57. The molecular formula is C10H14N4O2. The molecule has 4 N–H and O–H groups in total. The van der Waals surface area contributed by atoms with Crippen LogP contribution in [-0.4, -0.2) is 15.6 Å². The molecule has 16 heavy (non-hydrogen) atoms. The van der Waals surface area contributed by atoms with E-state index in [0.717, 1.165) is 0 Å². The number of nitrogen functional groups attached to an aromatic ring is 1. The summed E-state index contributed by atoms with van der Waals surface area (Å²) in [6, 6.07) is -0.341. The van der Waals surface area contributed by atoms with Crippen molar-refractivity contribution < 1.29 is 0 Å². The van der Waals surface area contributed by atoms with Crippen LogP contribution in [0.2, 0.25) is 0 Å². The van der Waals surface area contributed by atoms with Crippen LogP contribution in [-0.2, 0) is 6.54 Å².